The Morgan fingerprint density at radius 2 is 1.94 bits per heavy atom. The first-order valence-corrected chi connectivity index (χ1v) is 5.61. The number of carbonyl (C=O) groups is 1. The van der Waals surface area contributed by atoms with Crippen molar-refractivity contribution in [1.29, 1.82) is 0 Å². The van der Waals surface area contributed by atoms with Crippen LogP contribution in [-0.2, 0) is 4.74 Å². The summed E-state index contributed by atoms with van der Waals surface area (Å²) >= 11 is 0. The fraction of sp³-hybridized carbons (Fsp3) is 0.462. The third-order valence-corrected chi connectivity index (χ3v) is 2.97. The Morgan fingerprint density at radius 3 is 2.41 bits per heavy atom. The standard InChI is InChI=1S/C13H16O4/c1-15-10-4-3-5-11(16-2)12(10)13(14)9-6-7-17-8-9/h3-5,9H,6-8H2,1-2H3. The van der Waals surface area contributed by atoms with Crippen LogP contribution < -0.4 is 9.47 Å². The Labute approximate surface area is 100 Å². The van der Waals surface area contributed by atoms with E-state index in [1.54, 1.807) is 32.4 Å². The van der Waals surface area contributed by atoms with Crippen molar-refractivity contribution in [3.8, 4) is 11.5 Å². The van der Waals surface area contributed by atoms with E-state index >= 15 is 0 Å². The second-order valence-electron chi connectivity index (χ2n) is 3.96. The summed E-state index contributed by atoms with van der Waals surface area (Å²) in [6, 6.07) is 5.34. The summed E-state index contributed by atoms with van der Waals surface area (Å²) in [6.45, 7) is 1.13. The van der Waals surface area contributed by atoms with Crippen LogP contribution in [0.5, 0.6) is 11.5 Å². The van der Waals surface area contributed by atoms with Gasteiger partial charge in [-0.1, -0.05) is 6.07 Å². The maximum atomic E-state index is 12.4. The maximum absolute atomic E-state index is 12.4. The van der Waals surface area contributed by atoms with Crippen molar-refractivity contribution >= 4 is 5.78 Å². The van der Waals surface area contributed by atoms with Crippen molar-refractivity contribution in [2.75, 3.05) is 27.4 Å². The highest BCUT2D eigenvalue weighted by molar-refractivity contribution is 6.03. The number of Topliss-reactive ketones (excluding diaryl/α,β-unsaturated/α-hetero) is 1. The van der Waals surface area contributed by atoms with E-state index in [2.05, 4.69) is 0 Å². The third kappa shape index (κ3) is 2.26. The smallest absolute Gasteiger partial charge is 0.175 e. The molecular formula is C13H16O4. The van der Waals surface area contributed by atoms with Gasteiger partial charge in [0, 0.05) is 12.5 Å². The van der Waals surface area contributed by atoms with Gasteiger partial charge in [0.1, 0.15) is 17.1 Å². The minimum absolute atomic E-state index is 0.0387. The van der Waals surface area contributed by atoms with Crippen LogP contribution in [0.4, 0.5) is 0 Å². The van der Waals surface area contributed by atoms with Crippen molar-refractivity contribution < 1.29 is 19.0 Å². The number of methoxy groups -OCH3 is 2. The minimum Gasteiger partial charge on any atom is -0.496 e. The monoisotopic (exact) mass is 236 g/mol. The molecule has 0 amide bonds. The van der Waals surface area contributed by atoms with Crippen LogP contribution in [0.3, 0.4) is 0 Å². The molecule has 1 heterocycles. The van der Waals surface area contributed by atoms with Crippen LogP contribution >= 0.6 is 0 Å². The maximum Gasteiger partial charge on any atom is 0.175 e. The molecule has 1 aliphatic rings. The molecule has 1 fully saturated rings. The lowest BCUT2D eigenvalue weighted by Crippen LogP contribution is -2.16. The number of rotatable bonds is 4. The molecule has 1 saturated heterocycles. The molecule has 1 aromatic carbocycles. The average molecular weight is 236 g/mol. The molecule has 1 aliphatic heterocycles. The highest BCUT2D eigenvalue weighted by Crippen LogP contribution is 2.32. The summed E-state index contributed by atoms with van der Waals surface area (Å²) in [4.78, 5) is 12.4. The van der Waals surface area contributed by atoms with E-state index in [0.717, 1.165) is 6.42 Å². The lowest BCUT2D eigenvalue weighted by Gasteiger charge is -2.14. The molecular weight excluding hydrogens is 220 g/mol. The van der Waals surface area contributed by atoms with Gasteiger partial charge in [-0.2, -0.15) is 0 Å². The molecule has 4 heteroatoms. The Balaban J connectivity index is 2.37. The van der Waals surface area contributed by atoms with Gasteiger partial charge in [0.25, 0.3) is 0 Å². The third-order valence-electron chi connectivity index (χ3n) is 2.97. The Kier molecular flexibility index (Phi) is 3.64. The van der Waals surface area contributed by atoms with Crippen molar-refractivity contribution in [3.05, 3.63) is 23.8 Å². The van der Waals surface area contributed by atoms with Gasteiger partial charge in [0.2, 0.25) is 0 Å². The second kappa shape index (κ2) is 5.19. The summed E-state index contributed by atoms with van der Waals surface area (Å²) in [6.07, 6.45) is 0.764. The summed E-state index contributed by atoms with van der Waals surface area (Å²) in [5.41, 5.74) is 0.521. The number of hydrogen-bond donors (Lipinski definition) is 0. The Morgan fingerprint density at radius 1 is 1.29 bits per heavy atom. The zero-order valence-electron chi connectivity index (χ0n) is 10.1. The van der Waals surface area contributed by atoms with Gasteiger partial charge in [-0.15, -0.1) is 0 Å². The highest BCUT2D eigenvalue weighted by Gasteiger charge is 2.29. The molecule has 1 atom stereocenters. The largest absolute Gasteiger partial charge is 0.496 e. The molecule has 0 bridgehead atoms. The molecule has 0 spiro atoms. The molecule has 2 rings (SSSR count). The van der Waals surface area contributed by atoms with E-state index in [1.165, 1.54) is 0 Å². The van der Waals surface area contributed by atoms with E-state index in [4.69, 9.17) is 14.2 Å². The predicted octanol–water partition coefficient (Wildman–Crippen LogP) is 1.92. The Hall–Kier alpha value is -1.55. The zero-order valence-corrected chi connectivity index (χ0v) is 10.1. The van der Waals surface area contributed by atoms with Gasteiger partial charge in [0.05, 0.1) is 20.8 Å². The van der Waals surface area contributed by atoms with Gasteiger partial charge in [-0.25, -0.2) is 0 Å². The minimum atomic E-state index is -0.0831. The van der Waals surface area contributed by atoms with Gasteiger partial charge < -0.3 is 14.2 Å². The summed E-state index contributed by atoms with van der Waals surface area (Å²) in [5, 5.41) is 0. The van der Waals surface area contributed by atoms with Crippen molar-refractivity contribution in [2.45, 2.75) is 6.42 Å². The van der Waals surface area contributed by atoms with Gasteiger partial charge in [-0.05, 0) is 18.6 Å². The summed E-state index contributed by atoms with van der Waals surface area (Å²) in [5.74, 6) is 1.07. The number of hydrogen-bond acceptors (Lipinski definition) is 4. The van der Waals surface area contributed by atoms with E-state index in [1.807, 2.05) is 0 Å². The van der Waals surface area contributed by atoms with Crippen molar-refractivity contribution in [3.63, 3.8) is 0 Å². The summed E-state index contributed by atoms with van der Waals surface area (Å²) in [7, 11) is 3.10. The molecule has 0 N–H and O–H groups in total. The van der Waals surface area contributed by atoms with Gasteiger partial charge in [0.15, 0.2) is 5.78 Å². The van der Waals surface area contributed by atoms with Gasteiger partial charge in [-0.3, -0.25) is 4.79 Å². The quantitative estimate of drug-likeness (QED) is 0.749. The second-order valence-corrected chi connectivity index (χ2v) is 3.96. The lowest BCUT2D eigenvalue weighted by atomic mass is 9.95. The zero-order chi connectivity index (χ0) is 12.3. The van der Waals surface area contributed by atoms with Gasteiger partial charge >= 0.3 is 0 Å². The highest BCUT2D eigenvalue weighted by atomic mass is 16.5. The van der Waals surface area contributed by atoms with Crippen LogP contribution in [0.1, 0.15) is 16.8 Å². The van der Waals surface area contributed by atoms with Crippen LogP contribution in [0.25, 0.3) is 0 Å². The first-order chi connectivity index (χ1) is 8.27. The predicted molar refractivity (Wildman–Crippen MR) is 62.8 cm³/mol. The fourth-order valence-corrected chi connectivity index (χ4v) is 2.04. The van der Waals surface area contributed by atoms with Crippen LogP contribution in [-0.4, -0.2) is 33.2 Å². The van der Waals surface area contributed by atoms with Crippen LogP contribution in [0.2, 0.25) is 0 Å². The molecule has 17 heavy (non-hydrogen) atoms. The molecule has 92 valence electrons. The first-order valence-electron chi connectivity index (χ1n) is 5.61. The van der Waals surface area contributed by atoms with E-state index < -0.39 is 0 Å². The molecule has 4 nitrogen and oxygen atoms in total. The molecule has 0 aromatic heterocycles. The van der Waals surface area contributed by atoms with E-state index in [9.17, 15) is 4.79 Å². The Bertz CT molecular complexity index is 386. The molecule has 0 aliphatic carbocycles. The molecule has 1 aromatic rings. The van der Waals surface area contributed by atoms with Crippen LogP contribution in [0, 0.1) is 5.92 Å². The average Bonchev–Trinajstić information content (AvgIpc) is 2.90. The topological polar surface area (TPSA) is 44.8 Å². The SMILES string of the molecule is COc1cccc(OC)c1C(=O)C1CCOC1. The molecule has 0 saturated carbocycles. The first kappa shape index (κ1) is 11.9. The lowest BCUT2D eigenvalue weighted by molar-refractivity contribution is 0.0894. The van der Waals surface area contributed by atoms with Crippen molar-refractivity contribution in [1.82, 2.24) is 0 Å². The number of benzene rings is 1. The normalized spacial score (nSPS) is 19.1. The number of ketones is 1. The fourth-order valence-electron chi connectivity index (χ4n) is 2.04. The van der Waals surface area contributed by atoms with E-state index in [-0.39, 0.29) is 11.7 Å². The molecule has 0 radical (unpaired) electrons. The number of carbonyl (C=O) groups excluding carboxylic acids is 1. The van der Waals surface area contributed by atoms with E-state index in [0.29, 0.717) is 30.3 Å². The van der Waals surface area contributed by atoms with Crippen molar-refractivity contribution in [2.24, 2.45) is 5.92 Å². The van der Waals surface area contributed by atoms with Crippen LogP contribution in [0.15, 0.2) is 18.2 Å². The molecule has 1 unspecified atom stereocenters. The number of ether oxygens (including phenoxy) is 3. The summed E-state index contributed by atoms with van der Waals surface area (Å²) < 4.78 is 15.7.